The summed E-state index contributed by atoms with van der Waals surface area (Å²) in [7, 11) is 0. The van der Waals surface area contributed by atoms with Gasteiger partial charge in [-0.3, -0.25) is 0 Å². The van der Waals surface area contributed by atoms with Gasteiger partial charge in [-0.2, -0.15) is 0 Å². The van der Waals surface area contributed by atoms with E-state index in [1.165, 1.54) is 11.4 Å². The molecule has 4 nitrogen and oxygen atoms in total. The van der Waals surface area contributed by atoms with Crippen molar-refractivity contribution in [3.05, 3.63) is 146 Å². The molecule has 0 atom stereocenters. The van der Waals surface area contributed by atoms with Crippen LogP contribution in [0.1, 0.15) is 12.8 Å². The lowest BCUT2D eigenvalue weighted by Crippen LogP contribution is -2.36. The van der Waals surface area contributed by atoms with E-state index >= 15 is 0 Å². The van der Waals surface area contributed by atoms with E-state index in [1.807, 2.05) is 36.4 Å². The lowest BCUT2D eigenvalue weighted by molar-refractivity contribution is 0.730. The number of nitrogens with zero attached hydrogens (tertiary/aromatic N) is 4. The molecule has 0 aliphatic carbocycles. The maximum Gasteiger partial charge on any atom is 0.0798 e. The molecule has 0 amide bonds. The molecule has 0 spiro atoms. The van der Waals surface area contributed by atoms with Crippen LogP contribution in [0.2, 0.25) is 0 Å². The van der Waals surface area contributed by atoms with Crippen molar-refractivity contribution in [1.82, 2.24) is 0 Å². The second-order valence-electron chi connectivity index (χ2n) is 11.6. The van der Waals surface area contributed by atoms with E-state index in [0.29, 0.717) is 13.1 Å². The van der Waals surface area contributed by atoms with E-state index in [-0.39, 0.29) is 0 Å². The summed E-state index contributed by atoms with van der Waals surface area (Å²) in [5.41, 5.74) is 4.71. The third-order valence-electron chi connectivity index (χ3n) is 8.23. The maximum atomic E-state index is 3.34. The molecule has 0 N–H and O–H groups in total. The first-order valence-electron chi connectivity index (χ1n) is 17.3. The molecule has 248 valence electrons. The van der Waals surface area contributed by atoms with E-state index in [1.54, 1.807) is 0 Å². The smallest absolute Gasteiger partial charge is 0.0798 e. The number of hydrogen-bond acceptors (Lipinski definition) is 4. The highest BCUT2D eigenvalue weighted by Gasteiger charge is 2.11. The molecular formula is C46H44N4. The first kappa shape index (κ1) is 35.1. The zero-order chi connectivity index (χ0) is 34.3. The highest BCUT2D eigenvalue weighted by Crippen LogP contribution is 2.18. The number of benzene rings is 4. The Morgan fingerprint density at radius 1 is 0.300 bits per heavy atom. The normalized spacial score (nSPS) is 16.2. The van der Waals surface area contributed by atoms with Gasteiger partial charge in [-0.25, -0.2) is 0 Å². The molecule has 1 heterocycles. The van der Waals surface area contributed by atoms with Crippen molar-refractivity contribution in [2.75, 3.05) is 72.0 Å². The van der Waals surface area contributed by atoms with Gasteiger partial charge in [0, 0.05) is 74.9 Å². The minimum Gasteiger partial charge on any atom is -0.369 e. The van der Waals surface area contributed by atoms with Crippen LogP contribution in [0.4, 0.5) is 22.7 Å². The van der Waals surface area contributed by atoms with Gasteiger partial charge < -0.3 is 19.6 Å². The zero-order valence-electron chi connectivity index (χ0n) is 28.7. The SMILES string of the molecule is C1#CCCN(c2ccccc2)CCN(c2ccccc2)CCC#C/C=C/C#CCN(c2ccccc2)CCN(c2ccccc2)CC#C/C=C/1. The number of hydrogen-bond donors (Lipinski definition) is 0. The van der Waals surface area contributed by atoms with Crippen molar-refractivity contribution in [2.24, 2.45) is 0 Å². The Hall–Kier alpha value is -6.20. The topological polar surface area (TPSA) is 13.0 Å². The minimum atomic E-state index is 0.615. The van der Waals surface area contributed by atoms with Crippen LogP contribution in [-0.2, 0) is 0 Å². The Labute approximate surface area is 299 Å². The van der Waals surface area contributed by atoms with Crippen LogP contribution in [0.25, 0.3) is 0 Å². The fourth-order valence-electron chi connectivity index (χ4n) is 5.59. The number of rotatable bonds is 4. The number of anilines is 4. The minimum absolute atomic E-state index is 0.615. The Morgan fingerprint density at radius 3 is 0.920 bits per heavy atom. The first-order chi connectivity index (χ1) is 24.9. The molecule has 5 rings (SSSR count). The van der Waals surface area contributed by atoms with Gasteiger partial charge in [0.25, 0.3) is 0 Å². The van der Waals surface area contributed by atoms with Crippen LogP contribution in [0, 0.1) is 47.4 Å². The number of para-hydroxylation sites is 4. The van der Waals surface area contributed by atoms with Crippen molar-refractivity contribution < 1.29 is 0 Å². The fourth-order valence-corrected chi connectivity index (χ4v) is 5.59. The summed E-state index contributed by atoms with van der Waals surface area (Å²) in [4.78, 5) is 9.46. The van der Waals surface area contributed by atoms with Gasteiger partial charge >= 0.3 is 0 Å². The van der Waals surface area contributed by atoms with Crippen molar-refractivity contribution in [3.8, 4) is 47.4 Å². The monoisotopic (exact) mass is 652 g/mol. The average Bonchev–Trinajstić information content (AvgIpc) is 3.18. The summed E-state index contributed by atoms with van der Waals surface area (Å²) in [6.45, 7) is 6.28. The van der Waals surface area contributed by atoms with Crippen LogP contribution in [0.3, 0.4) is 0 Å². The van der Waals surface area contributed by atoms with Crippen molar-refractivity contribution in [3.63, 3.8) is 0 Å². The second-order valence-corrected chi connectivity index (χ2v) is 11.6. The molecule has 0 bridgehead atoms. The predicted octanol–water partition coefficient (Wildman–Crippen LogP) is 7.93. The summed E-state index contributed by atoms with van der Waals surface area (Å²) < 4.78 is 0. The van der Waals surface area contributed by atoms with Gasteiger partial charge in [-0.1, -0.05) is 120 Å². The van der Waals surface area contributed by atoms with Gasteiger partial charge in [-0.15, -0.1) is 0 Å². The molecular weight excluding hydrogens is 609 g/mol. The quantitative estimate of drug-likeness (QED) is 0.208. The Bertz CT molecular complexity index is 1750. The predicted molar refractivity (Wildman–Crippen MR) is 213 cm³/mol. The Kier molecular flexibility index (Phi) is 14.7. The van der Waals surface area contributed by atoms with Gasteiger partial charge in [0.05, 0.1) is 13.1 Å². The van der Waals surface area contributed by atoms with Gasteiger partial charge in [0.15, 0.2) is 0 Å². The molecule has 0 fully saturated rings. The molecule has 0 radical (unpaired) electrons. The maximum absolute atomic E-state index is 3.34. The summed E-state index contributed by atoms with van der Waals surface area (Å²) in [6.07, 6.45) is 8.96. The highest BCUT2D eigenvalue weighted by atomic mass is 15.2. The summed E-state index contributed by atoms with van der Waals surface area (Å²) in [5.74, 6) is 26.1. The Balaban J connectivity index is 1.35. The van der Waals surface area contributed by atoms with Crippen LogP contribution in [0.5, 0.6) is 0 Å². The molecule has 50 heavy (non-hydrogen) atoms. The lowest BCUT2D eigenvalue weighted by atomic mass is 10.2. The zero-order valence-corrected chi connectivity index (χ0v) is 28.7. The fraction of sp³-hybridized carbons (Fsp3) is 0.217. The third kappa shape index (κ3) is 12.1. The molecule has 4 heteroatoms. The largest absolute Gasteiger partial charge is 0.369 e. The Morgan fingerprint density at radius 2 is 0.580 bits per heavy atom. The molecule has 1 aliphatic heterocycles. The van der Waals surface area contributed by atoms with Gasteiger partial charge in [-0.05, 0) is 72.8 Å². The summed E-state index contributed by atoms with van der Waals surface area (Å²) >= 11 is 0. The van der Waals surface area contributed by atoms with E-state index in [4.69, 9.17) is 0 Å². The van der Waals surface area contributed by atoms with Crippen molar-refractivity contribution in [1.29, 1.82) is 0 Å². The molecule has 0 saturated heterocycles. The summed E-state index contributed by atoms with van der Waals surface area (Å²) in [6, 6.07) is 42.1. The van der Waals surface area contributed by atoms with Crippen LogP contribution >= 0.6 is 0 Å². The molecule has 4 aromatic carbocycles. The first-order valence-corrected chi connectivity index (χ1v) is 17.3. The molecule has 1 aliphatic rings. The molecule has 4 aromatic rings. The van der Waals surface area contributed by atoms with Crippen LogP contribution < -0.4 is 19.6 Å². The van der Waals surface area contributed by atoms with Gasteiger partial charge in [0.2, 0.25) is 0 Å². The van der Waals surface area contributed by atoms with E-state index < -0.39 is 0 Å². The van der Waals surface area contributed by atoms with Gasteiger partial charge in [0.1, 0.15) is 0 Å². The molecule has 0 saturated carbocycles. The molecule has 0 aromatic heterocycles. The summed E-state index contributed by atoms with van der Waals surface area (Å²) in [5, 5.41) is 0. The molecule has 0 unspecified atom stereocenters. The second kappa shape index (κ2) is 20.9. The standard InChI is InChI=1S/C46H44N4/c1-3-7-23-35-47(43-27-15-11-16-28-43)39-41-49(45-31-19-13-20-32-45)37-25-9-5-2-6-10-26-38-50(46-33-21-14-22-34-46)42-40-48(36-24-8-4-1)44-29-17-12-18-30-44/h1-3,5,11-22,27-34H,24,26,35-42H2/b3-1+,5-2+. The van der Waals surface area contributed by atoms with Crippen LogP contribution in [0.15, 0.2) is 146 Å². The van der Waals surface area contributed by atoms with E-state index in [0.717, 1.165) is 63.5 Å². The van der Waals surface area contributed by atoms with E-state index in [2.05, 4.69) is 176 Å². The average molecular weight is 653 g/mol. The lowest BCUT2D eigenvalue weighted by Gasteiger charge is -2.30. The van der Waals surface area contributed by atoms with E-state index in [9.17, 15) is 0 Å². The van der Waals surface area contributed by atoms with Crippen molar-refractivity contribution in [2.45, 2.75) is 12.8 Å². The van der Waals surface area contributed by atoms with Crippen molar-refractivity contribution >= 4 is 22.7 Å². The third-order valence-corrected chi connectivity index (χ3v) is 8.23. The van der Waals surface area contributed by atoms with Crippen LogP contribution in [-0.4, -0.2) is 52.4 Å². The number of allylic oxidation sites excluding steroid dienone is 4. The highest BCUT2D eigenvalue weighted by molar-refractivity contribution is 5.52.